The number of aliphatic hydroxyl groups is 1. The lowest BCUT2D eigenvalue weighted by molar-refractivity contribution is 0.0868. The molecule has 0 aliphatic carbocycles. The van der Waals surface area contributed by atoms with Crippen LogP contribution in [0.15, 0.2) is 54.7 Å². The van der Waals surface area contributed by atoms with E-state index in [9.17, 15) is 10.4 Å². The number of rotatable bonds is 1. The third-order valence-corrected chi connectivity index (χ3v) is 7.21. The van der Waals surface area contributed by atoms with Crippen LogP contribution in [0.2, 0.25) is 0 Å². The van der Waals surface area contributed by atoms with Crippen molar-refractivity contribution in [2.24, 2.45) is 0 Å². The lowest BCUT2D eigenvalue weighted by atomic mass is 9.75. The second-order valence-corrected chi connectivity index (χ2v) is 10.1. The number of aryl methyl sites for hydroxylation is 2. The monoisotopic (exact) mass is 459 g/mol. The molecule has 0 radical (unpaired) electrons. The second kappa shape index (κ2) is 8.35. The Bertz CT molecular complexity index is 1570. The van der Waals surface area contributed by atoms with Crippen molar-refractivity contribution in [3.05, 3.63) is 88.1 Å². The number of hydrogen-bond acceptors (Lipinski definition) is 3. The summed E-state index contributed by atoms with van der Waals surface area (Å²) >= 11 is 0. The second-order valence-electron chi connectivity index (χ2n) is 10.1. The molecule has 0 fully saturated rings. The summed E-state index contributed by atoms with van der Waals surface area (Å²) in [5, 5.41) is 25.3. The molecular formula is C31H29N3O. The number of aliphatic hydroxyl groups excluding tert-OH is 1. The SMILES string of the molecule is Cc1cc(-c2cccc3c(C)c[nH]c23)c(C#Cc2cccc(C#N)c2)c2c1NC(C)(C)[C@H](O)[C@H]2C. The molecule has 1 aliphatic heterocycles. The maximum Gasteiger partial charge on any atom is 0.0992 e. The van der Waals surface area contributed by atoms with Crippen molar-refractivity contribution in [1.82, 2.24) is 4.98 Å². The minimum Gasteiger partial charge on any atom is -0.390 e. The van der Waals surface area contributed by atoms with E-state index in [2.05, 4.69) is 73.2 Å². The van der Waals surface area contributed by atoms with Gasteiger partial charge in [0.15, 0.2) is 0 Å². The van der Waals surface area contributed by atoms with Crippen molar-refractivity contribution in [3.8, 4) is 29.0 Å². The number of anilines is 1. The fraction of sp³-hybridized carbons (Fsp3) is 0.258. The van der Waals surface area contributed by atoms with Gasteiger partial charge in [0.05, 0.1) is 28.8 Å². The van der Waals surface area contributed by atoms with Gasteiger partial charge in [-0.15, -0.1) is 0 Å². The number of nitrogens with zero attached hydrogens (tertiary/aromatic N) is 1. The lowest BCUT2D eigenvalue weighted by Crippen LogP contribution is -2.50. The van der Waals surface area contributed by atoms with Gasteiger partial charge in [-0.3, -0.25) is 0 Å². The van der Waals surface area contributed by atoms with Gasteiger partial charge in [0, 0.05) is 45.4 Å². The van der Waals surface area contributed by atoms with Crippen LogP contribution < -0.4 is 5.32 Å². The van der Waals surface area contributed by atoms with E-state index in [4.69, 9.17) is 0 Å². The van der Waals surface area contributed by atoms with E-state index in [1.54, 1.807) is 6.07 Å². The van der Waals surface area contributed by atoms with E-state index in [1.165, 1.54) is 10.9 Å². The van der Waals surface area contributed by atoms with E-state index in [-0.39, 0.29) is 5.92 Å². The maximum absolute atomic E-state index is 11.2. The summed E-state index contributed by atoms with van der Waals surface area (Å²) in [5.74, 6) is 6.65. The van der Waals surface area contributed by atoms with Crippen LogP contribution in [0.1, 0.15) is 60.1 Å². The molecule has 0 saturated heterocycles. The first-order valence-electron chi connectivity index (χ1n) is 11.9. The van der Waals surface area contributed by atoms with Gasteiger partial charge in [0.25, 0.3) is 0 Å². The summed E-state index contributed by atoms with van der Waals surface area (Å²) in [6.07, 6.45) is 1.46. The molecule has 0 amide bonds. The highest BCUT2D eigenvalue weighted by Crippen LogP contribution is 2.46. The number of aromatic nitrogens is 1. The fourth-order valence-electron chi connectivity index (χ4n) is 5.31. The average molecular weight is 460 g/mol. The van der Waals surface area contributed by atoms with Crippen LogP contribution in [-0.4, -0.2) is 21.7 Å². The van der Waals surface area contributed by atoms with Crippen molar-refractivity contribution in [3.63, 3.8) is 0 Å². The zero-order valence-corrected chi connectivity index (χ0v) is 20.7. The minimum absolute atomic E-state index is 0.112. The fourth-order valence-corrected chi connectivity index (χ4v) is 5.31. The van der Waals surface area contributed by atoms with Crippen LogP contribution in [0.25, 0.3) is 22.0 Å². The van der Waals surface area contributed by atoms with E-state index in [0.29, 0.717) is 5.56 Å². The minimum atomic E-state index is -0.573. The van der Waals surface area contributed by atoms with Gasteiger partial charge in [0.1, 0.15) is 0 Å². The van der Waals surface area contributed by atoms with Crippen molar-refractivity contribution < 1.29 is 5.11 Å². The predicted molar refractivity (Wildman–Crippen MR) is 142 cm³/mol. The van der Waals surface area contributed by atoms with Gasteiger partial charge < -0.3 is 15.4 Å². The molecule has 0 spiro atoms. The summed E-state index contributed by atoms with van der Waals surface area (Å²) in [6.45, 7) is 10.4. The Kier molecular flexibility index (Phi) is 5.43. The van der Waals surface area contributed by atoms with Crippen LogP contribution in [0.5, 0.6) is 0 Å². The van der Waals surface area contributed by atoms with Gasteiger partial charge in [-0.1, -0.05) is 43.0 Å². The quantitative estimate of drug-likeness (QED) is 0.289. The summed E-state index contributed by atoms with van der Waals surface area (Å²) in [7, 11) is 0. The zero-order chi connectivity index (χ0) is 24.9. The Balaban J connectivity index is 1.82. The first-order chi connectivity index (χ1) is 16.7. The summed E-state index contributed by atoms with van der Waals surface area (Å²) in [4.78, 5) is 3.45. The van der Waals surface area contributed by atoms with Crippen molar-refractivity contribution in [2.75, 3.05) is 5.32 Å². The Labute approximate surface area is 206 Å². The molecule has 35 heavy (non-hydrogen) atoms. The summed E-state index contributed by atoms with van der Waals surface area (Å²) < 4.78 is 0. The number of para-hydroxylation sites is 1. The summed E-state index contributed by atoms with van der Waals surface area (Å²) in [6, 6.07) is 18.1. The number of benzene rings is 3. The van der Waals surface area contributed by atoms with Crippen LogP contribution >= 0.6 is 0 Å². The molecule has 3 aromatic carbocycles. The zero-order valence-electron chi connectivity index (χ0n) is 20.7. The third kappa shape index (κ3) is 3.77. The average Bonchev–Trinajstić information content (AvgIpc) is 3.23. The van der Waals surface area contributed by atoms with Crippen LogP contribution in [-0.2, 0) is 0 Å². The van der Waals surface area contributed by atoms with Gasteiger partial charge in [-0.25, -0.2) is 0 Å². The molecule has 1 aromatic heterocycles. The van der Waals surface area contributed by atoms with E-state index in [0.717, 1.165) is 44.6 Å². The van der Waals surface area contributed by atoms with Gasteiger partial charge in [-0.2, -0.15) is 5.26 Å². The normalized spacial score (nSPS) is 18.2. The first-order valence-corrected chi connectivity index (χ1v) is 11.9. The highest BCUT2D eigenvalue weighted by atomic mass is 16.3. The highest BCUT2D eigenvalue weighted by molar-refractivity contribution is 5.98. The van der Waals surface area contributed by atoms with Crippen molar-refractivity contribution in [1.29, 1.82) is 5.26 Å². The number of fused-ring (bicyclic) bond motifs is 2. The van der Waals surface area contributed by atoms with E-state index >= 15 is 0 Å². The topological polar surface area (TPSA) is 71.8 Å². The molecule has 3 N–H and O–H groups in total. The van der Waals surface area contributed by atoms with Crippen LogP contribution in [0.3, 0.4) is 0 Å². The number of aromatic amines is 1. The molecule has 174 valence electrons. The van der Waals surface area contributed by atoms with Crippen LogP contribution in [0.4, 0.5) is 5.69 Å². The first kappa shape index (κ1) is 22.8. The Morgan fingerprint density at radius 3 is 2.46 bits per heavy atom. The molecule has 2 heterocycles. The molecule has 5 rings (SSSR count). The Morgan fingerprint density at radius 2 is 1.69 bits per heavy atom. The molecule has 2 atom stereocenters. The van der Waals surface area contributed by atoms with E-state index in [1.807, 2.05) is 38.2 Å². The molecule has 4 heteroatoms. The molecule has 0 bridgehead atoms. The number of nitriles is 1. The van der Waals surface area contributed by atoms with Crippen molar-refractivity contribution >= 4 is 16.6 Å². The molecule has 0 unspecified atom stereocenters. The predicted octanol–water partition coefficient (Wildman–Crippen LogP) is 6.39. The van der Waals surface area contributed by atoms with E-state index < -0.39 is 11.6 Å². The van der Waals surface area contributed by atoms with Gasteiger partial charge in [-0.05, 0) is 68.7 Å². The number of nitrogens with one attached hydrogen (secondary N) is 2. The highest BCUT2D eigenvalue weighted by Gasteiger charge is 2.40. The third-order valence-electron chi connectivity index (χ3n) is 7.21. The summed E-state index contributed by atoms with van der Waals surface area (Å²) in [5.41, 5.74) is 9.43. The molecule has 4 nitrogen and oxygen atoms in total. The maximum atomic E-state index is 11.2. The lowest BCUT2D eigenvalue weighted by Gasteiger charge is -2.43. The largest absolute Gasteiger partial charge is 0.390 e. The van der Waals surface area contributed by atoms with Gasteiger partial charge >= 0.3 is 0 Å². The number of hydrogen-bond donors (Lipinski definition) is 3. The molecular weight excluding hydrogens is 430 g/mol. The number of H-pyrrole nitrogens is 1. The molecule has 1 aliphatic rings. The van der Waals surface area contributed by atoms with Gasteiger partial charge in [0.2, 0.25) is 0 Å². The van der Waals surface area contributed by atoms with Crippen LogP contribution in [0, 0.1) is 37.0 Å². The standard InChI is InChI=1S/C31H29N3O/c1-18-14-26(25-11-7-10-23-19(2)17-33-29(23)25)24(13-12-21-8-6-9-22(15-21)16-32)27-20(3)30(35)31(4,5)34-28(18)27/h6-11,14-15,17,20,30,33-35H,1-5H3/t20-,30+/m0/s1. The molecule has 0 saturated carbocycles. The smallest absolute Gasteiger partial charge is 0.0992 e. The van der Waals surface area contributed by atoms with Crippen molar-refractivity contribution in [2.45, 2.75) is 52.2 Å². The Hall–Kier alpha value is -3.99. The Morgan fingerprint density at radius 1 is 0.943 bits per heavy atom. The molecule has 4 aromatic rings.